The first kappa shape index (κ1) is 29.0. The molecule has 0 saturated heterocycles. The Kier molecular flexibility index (Phi) is 10.5. The third-order valence-corrected chi connectivity index (χ3v) is 6.70. The Bertz CT molecular complexity index is 1380. The van der Waals surface area contributed by atoms with E-state index in [0.29, 0.717) is 27.6 Å². The van der Waals surface area contributed by atoms with E-state index >= 15 is 0 Å². The third kappa shape index (κ3) is 7.47. The standard InChI is InChI=1S/C27H30ClN5O4S/c1-6-16(3)19(9-8-18(7-2)14-34)15-37-27-33-32-26(38-27)31-25(35)22-12-29-17(4)10-20(22)21-11-24(28)30-13-23(21)36-5/h7-13,34H,6,14-15H2,1-5H3,(H,31,32,35)/b9-8-,18-7+,19-16+. The molecule has 0 fully saturated rings. The Morgan fingerprint density at radius 3 is 2.66 bits per heavy atom. The van der Waals surface area contributed by atoms with Crippen LogP contribution in [-0.4, -0.2) is 51.5 Å². The molecule has 3 heterocycles. The summed E-state index contributed by atoms with van der Waals surface area (Å²) in [6.45, 7) is 8.03. The molecule has 2 N–H and O–H groups in total. The topological polar surface area (TPSA) is 119 Å². The first-order chi connectivity index (χ1) is 18.3. The Hall–Kier alpha value is -3.60. The molecule has 3 aromatic rings. The number of nitrogens with one attached hydrogen (secondary N) is 1. The number of aromatic nitrogens is 4. The second-order valence-corrected chi connectivity index (χ2v) is 9.54. The van der Waals surface area contributed by atoms with E-state index in [0.717, 1.165) is 40.2 Å². The summed E-state index contributed by atoms with van der Waals surface area (Å²) in [5.41, 5.74) is 5.18. The zero-order valence-electron chi connectivity index (χ0n) is 21.9. The van der Waals surface area contributed by atoms with Crippen LogP contribution >= 0.6 is 22.9 Å². The molecule has 0 radical (unpaired) electrons. The van der Waals surface area contributed by atoms with Crippen LogP contribution < -0.4 is 14.8 Å². The minimum atomic E-state index is -0.418. The Morgan fingerprint density at radius 1 is 1.18 bits per heavy atom. The lowest BCUT2D eigenvalue weighted by Crippen LogP contribution is -2.14. The Labute approximate surface area is 230 Å². The van der Waals surface area contributed by atoms with Crippen molar-refractivity contribution in [1.29, 1.82) is 0 Å². The average molecular weight is 556 g/mol. The van der Waals surface area contributed by atoms with Gasteiger partial charge in [0.25, 0.3) is 11.1 Å². The number of aryl methyl sites for hydroxylation is 1. The molecule has 0 aromatic carbocycles. The molecule has 3 rings (SSSR count). The third-order valence-electron chi connectivity index (χ3n) is 5.74. The highest BCUT2D eigenvalue weighted by Crippen LogP contribution is 2.34. The number of halogens is 1. The van der Waals surface area contributed by atoms with Crippen LogP contribution in [0.2, 0.25) is 5.15 Å². The Balaban J connectivity index is 1.78. The van der Waals surface area contributed by atoms with Gasteiger partial charge >= 0.3 is 0 Å². The Morgan fingerprint density at radius 2 is 1.97 bits per heavy atom. The van der Waals surface area contributed by atoms with Gasteiger partial charge in [-0.05, 0) is 61.8 Å². The summed E-state index contributed by atoms with van der Waals surface area (Å²) in [7, 11) is 1.52. The van der Waals surface area contributed by atoms with Crippen molar-refractivity contribution in [3.63, 3.8) is 0 Å². The van der Waals surface area contributed by atoms with Crippen molar-refractivity contribution in [2.24, 2.45) is 0 Å². The number of aliphatic hydroxyl groups is 1. The van der Waals surface area contributed by atoms with Crippen molar-refractivity contribution in [2.45, 2.75) is 34.1 Å². The summed E-state index contributed by atoms with van der Waals surface area (Å²) in [6, 6.07) is 3.42. The minimum absolute atomic E-state index is 0.0367. The highest BCUT2D eigenvalue weighted by molar-refractivity contribution is 7.17. The number of amides is 1. The fourth-order valence-corrected chi connectivity index (χ4v) is 4.11. The van der Waals surface area contributed by atoms with Crippen molar-refractivity contribution in [3.8, 4) is 22.1 Å². The van der Waals surface area contributed by atoms with E-state index in [9.17, 15) is 9.90 Å². The second kappa shape index (κ2) is 13.8. The first-order valence-corrected chi connectivity index (χ1v) is 13.1. The van der Waals surface area contributed by atoms with Crippen LogP contribution in [0.5, 0.6) is 10.9 Å². The quantitative estimate of drug-likeness (QED) is 0.224. The van der Waals surface area contributed by atoms with Gasteiger partial charge in [-0.25, -0.2) is 4.98 Å². The number of anilines is 1. The molecule has 0 atom stereocenters. The zero-order valence-corrected chi connectivity index (χ0v) is 23.5. The van der Waals surface area contributed by atoms with Gasteiger partial charge in [0.05, 0.1) is 25.5 Å². The zero-order chi connectivity index (χ0) is 27.7. The number of carbonyl (C=O) groups excluding carboxylic acids is 1. The van der Waals surface area contributed by atoms with Crippen LogP contribution in [0.25, 0.3) is 11.1 Å². The van der Waals surface area contributed by atoms with Gasteiger partial charge < -0.3 is 14.6 Å². The summed E-state index contributed by atoms with van der Waals surface area (Å²) < 4.78 is 11.3. The maximum Gasteiger partial charge on any atom is 0.296 e. The molecule has 1 amide bonds. The first-order valence-electron chi connectivity index (χ1n) is 11.9. The number of hydrogen-bond donors (Lipinski definition) is 2. The van der Waals surface area contributed by atoms with Crippen molar-refractivity contribution >= 4 is 34.0 Å². The van der Waals surface area contributed by atoms with Gasteiger partial charge in [-0.3, -0.25) is 15.1 Å². The monoisotopic (exact) mass is 555 g/mol. The van der Waals surface area contributed by atoms with E-state index in [1.807, 2.05) is 39.0 Å². The largest absolute Gasteiger partial charge is 0.494 e. The predicted molar refractivity (Wildman–Crippen MR) is 150 cm³/mol. The summed E-state index contributed by atoms with van der Waals surface area (Å²) in [4.78, 5) is 21.6. The van der Waals surface area contributed by atoms with Gasteiger partial charge in [-0.15, -0.1) is 5.10 Å². The number of nitrogens with zero attached hydrogens (tertiary/aromatic N) is 4. The van der Waals surface area contributed by atoms with E-state index in [1.54, 1.807) is 12.1 Å². The van der Waals surface area contributed by atoms with E-state index in [1.165, 1.54) is 19.5 Å². The van der Waals surface area contributed by atoms with Crippen molar-refractivity contribution in [1.82, 2.24) is 20.2 Å². The number of ether oxygens (including phenoxy) is 2. The number of carbonyl (C=O) groups is 1. The fourth-order valence-electron chi connectivity index (χ4n) is 3.37. The molecule has 0 aliphatic carbocycles. The normalized spacial score (nSPS) is 12.4. The van der Waals surface area contributed by atoms with Gasteiger partial charge in [-0.1, -0.05) is 47.4 Å². The lowest BCUT2D eigenvalue weighted by atomic mass is 10.0. The highest BCUT2D eigenvalue weighted by atomic mass is 35.5. The molecule has 0 aliphatic heterocycles. The molecule has 0 aliphatic rings. The molecule has 11 heteroatoms. The number of hydrogen-bond acceptors (Lipinski definition) is 9. The molecular formula is C27H30ClN5O4S. The summed E-state index contributed by atoms with van der Waals surface area (Å²) >= 11 is 7.24. The van der Waals surface area contributed by atoms with Gasteiger partial charge in [0.2, 0.25) is 5.13 Å². The van der Waals surface area contributed by atoms with E-state index in [-0.39, 0.29) is 23.5 Å². The van der Waals surface area contributed by atoms with Crippen LogP contribution in [0.3, 0.4) is 0 Å². The summed E-state index contributed by atoms with van der Waals surface area (Å²) in [6.07, 6.45) is 9.50. The lowest BCUT2D eigenvalue weighted by Gasteiger charge is -2.13. The van der Waals surface area contributed by atoms with Crippen LogP contribution in [-0.2, 0) is 0 Å². The fraction of sp³-hybridized carbons (Fsp3) is 0.296. The van der Waals surface area contributed by atoms with Crippen molar-refractivity contribution < 1.29 is 19.4 Å². The maximum atomic E-state index is 13.2. The lowest BCUT2D eigenvalue weighted by molar-refractivity contribution is 0.102. The molecule has 38 heavy (non-hydrogen) atoms. The number of rotatable bonds is 11. The number of allylic oxidation sites excluding steroid dienone is 2. The summed E-state index contributed by atoms with van der Waals surface area (Å²) in [5.74, 6) is 0.0555. The molecule has 0 unspecified atom stereocenters. The highest BCUT2D eigenvalue weighted by Gasteiger charge is 2.19. The van der Waals surface area contributed by atoms with Crippen LogP contribution in [0.15, 0.2) is 59.5 Å². The average Bonchev–Trinajstić information content (AvgIpc) is 3.37. The van der Waals surface area contributed by atoms with E-state index < -0.39 is 5.91 Å². The SMILES string of the molecule is C\C=C(/C=C\C(COc1nnc(NC(=O)c2cnc(C)cc2-c2cc(Cl)ncc2OC)s1)=C(\C)CC)CO. The predicted octanol–water partition coefficient (Wildman–Crippen LogP) is 5.82. The van der Waals surface area contributed by atoms with Crippen molar-refractivity contribution in [3.05, 3.63) is 75.9 Å². The van der Waals surface area contributed by atoms with Crippen LogP contribution in [0, 0.1) is 6.92 Å². The van der Waals surface area contributed by atoms with Gasteiger partial charge in [-0.2, -0.15) is 0 Å². The maximum absolute atomic E-state index is 13.2. The minimum Gasteiger partial charge on any atom is -0.494 e. The van der Waals surface area contributed by atoms with Crippen LogP contribution in [0.1, 0.15) is 43.2 Å². The molecule has 0 bridgehead atoms. The van der Waals surface area contributed by atoms with Gasteiger partial charge in [0, 0.05) is 23.0 Å². The van der Waals surface area contributed by atoms with E-state index in [2.05, 4.69) is 32.4 Å². The van der Waals surface area contributed by atoms with Crippen LogP contribution in [0.4, 0.5) is 5.13 Å². The number of methoxy groups -OCH3 is 1. The van der Waals surface area contributed by atoms with Crippen molar-refractivity contribution in [2.75, 3.05) is 25.6 Å². The summed E-state index contributed by atoms with van der Waals surface area (Å²) in [5, 5.41) is 21.1. The molecule has 0 saturated carbocycles. The van der Waals surface area contributed by atoms with E-state index in [4.69, 9.17) is 21.1 Å². The van der Waals surface area contributed by atoms with Gasteiger partial charge in [0.1, 0.15) is 17.5 Å². The van der Waals surface area contributed by atoms with Gasteiger partial charge in [0.15, 0.2) is 0 Å². The second-order valence-electron chi connectivity index (χ2n) is 8.21. The molecular weight excluding hydrogens is 526 g/mol. The molecule has 0 spiro atoms. The molecule has 3 aromatic heterocycles. The molecule has 200 valence electrons. The smallest absolute Gasteiger partial charge is 0.296 e. The number of pyridine rings is 2. The molecule has 9 nitrogen and oxygen atoms in total. The number of aliphatic hydroxyl groups excluding tert-OH is 1.